The smallest absolute Gasteiger partial charge is 0.225 e. The van der Waals surface area contributed by atoms with Crippen LogP contribution in [0.1, 0.15) is 62.7 Å². The molecule has 2 aromatic heterocycles. The number of aliphatic hydroxyl groups excluding tert-OH is 1. The molecule has 0 aliphatic rings. The maximum absolute atomic E-state index is 13.2. The number of carbonyl (C=O) groups excluding carboxylic acids is 1. The van der Waals surface area contributed by atoms with E-state index in [1.54, 1.807) is 19.9 Å². The Morgan fingerprint density at radius 3 is 2.46 bits per heavy atom. The predicted molar refractivity (Wildman–Crippen MR) is 142 cm³/mol. The van der Waals surface area contributed by atoms with Crippen LogP contribution in [-0.4, -0.2) is 16.2 Å². The van der Waals surface area contributed by atoms with Crippen LogP contribution in [0, 0.1) is 27.7 Å². The number of aromatic nitrogens is 1. The number of nitrogens with one attached hydrogen (secondary N) is 1. The molecule has 0 saturated heterocycles. The van der Waals surface area contributed by atoms with E-state index in [4.69, 9.17) is 8.94 Å². The number of fused-ring (bicyclic) bond motifs is 1. The first kappa shape index (κ1) is 24.5. The summed E-state index contributed by atoms with van der Waals surface area (Å²) in [7, 11) is 0. The molecule has 0 saturated carbocycles. The largest absolute Gasteiger partial charge is 0.458 e. The van der Waals surface area contributed by atoms with Gasteiger partial charge in [-0.3, -0.25) is 4.79 Å². The highest BCUT2D eigenvalue weighted by atomic mass is 16.5. The van der Waals surface area contributed by atoms with Gasteiger partial charge in [-0.15, -0.1) is 0 Å². The summed E-state index contributed by atoms with van der Waals surface area (Å²) in [4.78, 5) is 13.2. The van der Waals surface area contributed by atoms with Crippen molar-refractivity contribution >= 4 is 16.9 Å². The van der Waals surface area contributed by atoms with Crippen molar-refractivity contribution in [3.8, 4) is 0 Å². The number of furan rings is 1. The number of hydrogen-bond donors (Lipinski definition) is 2. The van der Waals surface area contributed by atoms with Crippen molar-refractivity contribution < 1.29 is 18.8 Å². The van der Waals surface area contributed by atoms with Gasteiger partial charge in [0, 0.05) is 5.39 Å². The molecule has 3 aromatic carbocycles. The van der Waals surface area contributed by atoms with Crippen molar-refractivity contribution in [2.24, 2.45) is 0 Å². The molecule has 37 heavy (non-hydrogen) atoms. The highest BCUT2D eigenvalue weighted by Gasteiger charge is 2.24. The Labute approximate surface area is 215 Å². The number of rotatable bonds is 7. The maximum Gasteiger partial charge on any atom is 0.225 e. The van der Waals surface area contributed by atoms with Crippen molar-refractivity contribution in [2.75, 3.05) is 0 Å². The van der Waals surface area contributed by atoms with E-state index in [2.05, 4.69) is 42.5 Å². The maximum atomic E-state index is 13.2. The third-order valence-corrected chi connectivity index (χ3v) is 6.77. The van der Waals surface area contributed by atoms with E-state index in [1.165, 1.54) is 5.56 Å². The highest BCUT2D eigenvalue weighted by Crippen LogP contribution is 2.32. The van der Waals surface area contributed by atoms with Crippen LogP contribution >= 0.6 is 0 Å². The number of amides is 1. The van der Waals surface area contributed by atoms with E-state index in [1.807, 2.05) is 48.5 Å². The summed E-state index contributed by atoms with van der Waals surface area (Å²) in [6.45, 7) is 7.69. The Bertz CT molecular complexity index is 1550. The van der Waals surface area contributed by atoms with Crippen LogP contribution in [0.15, 0.2) is 81.7 Å². The molecule has 5 aromatic rings. The van der Waals surface area contributed by atoms with E-state index in [0.29, 0.717) is 28.4 Å². The molecule has 0 bridgehead atoms. The fourth-order valence-corrected chi connectivity index (χ4v) is 4.91. The lowest BCUT2D eigenvalue weighted by Crippen LogP contribution is -2.31. The SMILES string of the molecule is Cc1ccc(C(NC(=O)Cc2ccc3oc([C@@H](O)c4c(C)noc4C)cc3c2)c2ccccc2)c(C)c1. The minimum Gasteiger partial charge on any atom is -0.458 e. The van der Waals surface area contributed by atoms with Gasteiger partial charge in [-0.2, -0.15) is 0 Å². The monoisotopic (exact) mass is 494 g/mol. The lowest BCUT2D eigenvalue weighted by atomic mass is 9.93. The molecule has 0 aliphatic heterocycles. The van der Waals surface area contributed by atoms with Crippen LogP contribution in [0.4, 0.5) is 0 Å². The predicted octanol–water partition coefficient (Wildman–Crippen LogP) is 6.18. The summed E-state index contributed by atoms with van der Waals surface area (Å²) >= 11 is 0. The Balaban J connectivity index is 1.37. The van der Waals surface area contributed by atoms with Gasteiger partial charge in [0.2, 0.25) is 5.91 Å². The van der Waals surface area contributed by atoms with Crippen molar-refractivity contribution in [2.45, 2.75) is 46.3 Å². The van der Waals surface area contributed by atoms with Crippen LogP contribution in [0.2, 0.25) is 0 Å². The topological polar surface area (TPSA) is 88.5 Å². The van der Waals surface area contributed by atoms with E-state index in [-0.39, 0.29) is 18.4 Å². The lowest BCUT2D eigenvalue weighted by molar-refractivity contribution is -0.120. The molecule has 6 heteroatoms. The molecule has 0 aliphatic carbocycles. The van der Waals surface area contributed by atoms with Gasteiger partial charge in [0.25, 0.3) is 0 Å². The standard InChI is InChI=1S/C31H30N2O4/c1-18-10-12-25(19(2)14-18)30(23-8-6-5-7-9-23)32-28(34)16-22-11-13-26-24(15-22)17-27(36-26)31(35)29-20(3)33-37-21(29)4/h5-15,17,30-31,35H,16H2,1-4H3,(H,32,34)/t30?,31-/m1/s1. The van der Waals surface area contributed by atoms with E-state index in [0.717, 1.165) is 27.6 Å². The quantitative estimate of drug-likeness (QED) is 0.282. The molecule has 0 spiro atoms. The van der Waals surface area contributed by atoms with Crippen LogP contribution in [0.5, 0.6) is 0 Å². The summed E-state index contributed by atoms with van der Waals surface area (Å²) in [5, 5.41) is 18.8. The van der Waals surface area contributed by atoms with E-state index < -0.39 is 6.10 Å². The van der Waals surface area contributed by atoms with Gasteiger partial charge in [0.05, 0.1) is 23.7 Å². The summed E-state index contributed by atoms with van der Waals surface area (Å²) in [6.07, 6.45) is -0.758. The Morgan fingerprint density at radius 2 is 1.76 bits per heavy atom. The second-order valence-corrected chi connectivity index (χ2v) is 9.61. The average Bonchev–Trinajstić information content (AvgIpc) is 3.45. The molecule has 5 rings (SSSR count). The van der Waals surface area contributed by atoms with E-state index in [9.17, 15) is 9.90 Å². The molecular formula is C31H30N2O4. The zero-order chi connectivity index (χ0) is 26.1. The van der Waals surface area contributed by atoms with Gasteiger partial charge in [0.15, 0.2) is 0 Å². The molecule has 1 amide bonds. The second kappa shape index (κ2) is 10.1. The highest BCUT2D eigenvalue weighted by molar-refractivity contribution is 5.83. The van der Waals surface area contributed by atoms with Crippen LogP contribution in [0.25, 0.3) is 11.0 Å². The first-order valence-electron chi connectivity index (χ1n) is 12.3. The first-order chi connectivity index (χ1) is 17.8. The van der Waals surface area contributed by atoms with Crippen LogP contribution in [-0.2, 0) is 11.2 Å². The average molecular weight is 495 g/mol. The molecule has 188 valence electrons. The van der Waals surface area contributed by atoms with Gasteiger partial charge in [-0.1, -0.05) is 65.3 Å². The first-order valence-corrected chi connectivity index (χ1v) is 12.3. The second-order valence-electron chi connectivity index (χ2n) is 9.61. The molecule has 6 nitrogen and oxygen atoms in total. The number of benzene rings is 3. The van der Waals surface area contributed by atoms with Gasteiger partial charge in [-0.25, -0.2) is 0 Å². The molecule has 0 fully saturated rings. The van der Waals surface area contributed by atoms with Gasteiger partial charge in [0.1, 0.15) is 23.2 Å². The van der Waals surface area contributed by atoms with Crippen molar-refractivity contribution in [1.29, 1.82) is 0 Å². The van der Waals surface area contributed by atoms with E-state index >= 15 is 0 Å². The third-order valence-electron chi connectivity index (χ3n) is 6.77. The van der Waals surface area contributed by atoms with Crippen molar-refractivity contribution in [3.63, 3.8) is 0 Å². The Morgan fingerprint density at radius 1 is 0.973 bits per heavy atom. The molecular weight excluding hydrogens is 464 g/mol. The van der Waals surface area contributed by atoms with Gasteiger partial charge < -0.3 is 19.4 Å². The fraction of sp³-hybridized carbons (Fsp3) is 0.226. The zero-order valence-electron chi connectivity index (χ0n) is 21.4. The van der Waals surface area contributed by atoms with Crippen molar-refractivity contribution in [1.82, 2.24) is 10.5 Å². The molecule has 2 heterocycles. The van der Waals surface area contributed by atoms with Crippen LogP contribution in [0.3, 0.4) is 0 Å². The third kappa shape index (κ3) is 5.06. The van der Waals surface area contributed by atoms with Gasteiger partial charge in [-0.05, 0) is 68.1 Å². The zero-order valence-corrected chi connectivity index (χ0v) is 21.4. The molecule has 0 radical (unpaired) electrons. The normalized spacial score (nSPS) is 13.0. The summed E-state index contributed by atoms with van der Waals surface area (Å²) < 4.78 is 11.1. The van der Waals surface area contributed by atoms with Crippen LogP contribution < -0.4 is 5.32 Å². The van der Waals surface area contributed by atoms with Gasteiger partial charge >= 0.3 is 0 Å². The number of hydrogen-bond acceptors (Lipinski definition) is 5. The minimum atomic E-state index is -0.977. The molecule has 2 atom stereocenters. The lowest BCUT2D eigenvalue weighted by Gasteiger charge is -2.22. The molecule has 1 unspecified atom stereocenters. The number of nitrogens with zero attached hydrogens (tertiary/aromatic N) is 1. The number of carbonyl (C=O) groups is 1. The number of aryl methyl sites for hydroxylation is 4. The minimum absolute atomic E-state index is 0.0762. The Kier molecular flexibility index (Phi) is 6.68. The summed E-state index contributed by atoms with van der Waals surface area (Å²) in [5.74, 6) is 0.886. The molecule has 2 N–H and O–H groups in total. The summed E-state index contributed by atoms with van der Waals surface area (Å²) in [5.41, 5.74) is 7.17. The van der Waals surface area contributed by atoms with Crippen molar-refractivity contribution in [3.05, 3.63) is 123 Å². The fourth-order valence-electron chi connectivity index (χ4n) is 4.91. The number of aliphatic hydroxyl groups is 1. The summed E-state index contributed by atoms with van der Waals surface area (Å²) in [6, 6.07) is 23.5. The Hall–Kier alpha value is -4.16.